The molecule has 0 radical (unpaired) electrons. The third kappa shape index (κ3) is 2.94. The van der Waals surface area contributed by atoms with Crippen LogP contribution in [0.1, 0.15) is 48.5 Å². The van der Waals surface area contributed by atoms with Gasteiger partial charge in [0.15, 0.2) is 0 Å². The number of amides is 1. The summed E-state index contributed by atoms with van der Waals surface area (Å²) in [6.07, 6.45) is 4.55. The van der Waals surface area contributed by atoms with Gasteiger partial charge in [-0.05, 0) is 53.7 Å². The maximum Gasteiger partial charge on any atom is 0.255 e. The van der Waals surface area contributed by atoms with Gasteiger partial charge in [0.2, 0.25) is 0 Å². The van der Waals surface area contributed by atoms with Gasteiger partial charge < -0.3 is 4.90 Å². The lowest BCUT2D eigenvalue weighted by atomic mass is 10.1. The Hall–Kier alpha value is -0.830. The highest BCUT2D eigenvalue weighted by Gasteiger charge is 2.33. The summed E-state index contributed by atoms with van der Waals surface area (Å²) in [5, 5.41) is 0. The molecule has 0 heterocycles. The van der Waals surface area contributed by atoms with E-state index in [9.17, 15) is 4.79 Å². The lowest BCUT2D eigenvalue weighted by Gasteiger charge is -2.23. The van der Waals surface area contributed by atoms with Crippen LogP contribution in [0.2, 0.25) is 0 Å². The SMILES string of the molecule is CCCCN(C(=O)c1cccc(C)c1Br)C1CC1. The zero-order valence-electron chi connectivity index (χ0n) is 11.1. The number of unbranched alkanes of at least 4 members (excludes halogenated alkanes) is 1. The second kappa shape index (κ2) is 5.87. The standard InChI is InChI=1S/C15H20BrNO/c1-3-4-10-17(12-8-9-12)15(18)13-7-5-6-11(2)14(13)16/h5-7,12H,3-4,8-10H2,1-2H3. The summed E-state index contributed by atoms with van der Waals surface area (Å²) < 4.78 is 0.942. The van der Waals surface area contributed by atoms with E-state index in [-0.39, 0.29) is 5.91 Å². The van der Waals surface area contributed by atoms with Gasteiger partial charge >= 0.3 is 0 Å². The monoisotopic (exact) mass is 309 g/mol. The molecule has 18 heavy (non-hydrogen) atoms. The quantitative estimate of drug-likeness (QED) is 0.799. The first-order valence-electron chi connectivity index (χ1n) is 6.71. The van der Waals surface area contributed by atoms with E-state index in [1.165, 1.54) is 12.8 Å². The average Bonchev–Trinajstić information content (AvgIpc) is 3.17. The molecule has 0 aliphatic heterocycles. The Labute approximate surface area is 117 Å². The topological polar surface area (TPSA) is 20.3 Å². The van der Waals surface area contributed by atoms with Gasteiger partial charge in [-0.25, -0.2) is 0 Å². The van der Waals surface area contributed by atoms with Crippen LogP contribution in [0.4, 0.5) is 0 Å². The molecule has 0 atom stereocenters. The first-order chi connectivity index (χ1) is 8.65. The predicted octanol–water partition coefficient (Wildman–Crippen LogP) is 4.16. The molecule has 1 amide bonds. The van der Waals surface area contributed by atoms with Crippen molar-refractivity contribution in [2.24, 2.45) is 0 Å². The maximum absolute atomic E-state index is 12.6. The van der Waals surface area contributed by atoms with Crippen molar-refractivity contribution in [2.45, 2.75) is 45.6 Å². The number of hydrogen-bond donors (Lipinski definition) is 0. The third-order valence-electron chi connectivity index (χ3n) is 3.42. The lowest BCUT2D eigenvalue weighted by Crippen LogP contribution is -2.34. The molecule has 1 fully saturated rings. The summed E-state index contributed by atoms with van der Waals surface area (Å²) in [5.74, 6) is 0.182. The fourth-order valence-electron chi connectivity index (χ4n) is 2.13. The van der Waals surface area contributed by atoms with Crippen molar-refractivity contribution in [3.8, 4) is 0 Å². The number of carbonyl (C=O) groups is 1. The van der Waals surface area contributed by atoms with E-state index in [0.717, 1.165) is 35.0 Å². The molecule has 1 aliphatic carbocycles. The normalized spacial score (nSPS) is 14.6. The lowest BCUT2D eigenvalue weighted by molar-refractivity contribution is 0.0739. The van der Waals surface area contributed by atoms with E-state index in [0.29, 0.717) is 6.04 Å². The van der Waals surface area contributed by atoms with Crippen LogP contribution >= 0.6 is 15.9 Å². The molecule has 1 aromatic rings. The van der Waals surface area contributed by atoms with Gasteiger partial charge in [-0.3, -0.25) is 4.79 Å². The zero-order valence-corrected chi connectivity index (χ0v) is 12.7. The summed E-state index contributed by atoms with van der Waals surface area (Å²) in [6, 6.07) is 6.38. The largest absolute Gasteiger partial charge is 0.336 e. The molecule has 1 saturated carbocycles. The maximum atomic E-state index is 12.6. The Balaban J connectivity index is 2.19. The molecule has 98 valence electrons. The van der Waals surface area contributed by atoms with Crippen molar-refractivity contribution >= 4 is 21.8 Å². The summed E-state index contributed by atoms with van der Waals surface area (Å²) in [4.78, 5) is 14.7. The molecule has 2 nitrogen and oxygen atoms in total. The van der Waals surface area contributed by atoms with E-state index < -0.39 is 0 Å². The van der Waals surface area contributed by atoms with E-state index in [2.05, 4.69) is 27.8 Å². The number of hydrogen-bond acceptors (Lipinski definition) is 1. The summed E-state index contributed by atoms with van der Waals surface area (Å²) in [6.45, 7) is 5.08. The molecule has 1 aromatic carbocycles. The van der Waals surface area contributed by atoms with Gasteiger partial charge in [-0.15, -0.1) is 0 Å². The van der Waals surface area contributed by atoms with Gasteiger partial charge in [0.05, 0.1) is 5.56 Å². The fourth-order valence-corrected chi connectivity index (χ4v) is 2.57. The Kier molecular flexibility index (Phi) is 4.44. The van der Waals surface area contributed by atoms with Crippen molar-refractivity contribution < 1.29 is 4.79 Å². The highest BCUT2D eigenvalue weighted by molar-refractivity contribution is 9.10. The van der Waals surface area contributed by atoms with Gasteiger partial charge in [0.25, 0.3) is 5.91 Å². The molecule has 0 spiro atoms. The van der Waals surface area contributed by atoms with Crippen molar-refractivity contribution in [1.29, 1.82) is 0 Å². The average molecular weight is 310 g/mol. The number of carbonyl (C=O) groups excluding carboxylic acids is 1. The van der Waals surface area contributed by atoms with Crippen LogP contribution < -0.4 is 0 Å². The minimum Gasteiger partial charge on any atom is -0.336 e. The molecular formula is C15H20BrNO. The fraction of sp³-hybridized carbons (Fsp3) is 0.533. The Morgan fingerprint density at radius 1 is 1.44 bits per heavy atom. The number of benzene rings is 1. The first kappa shape index (κ1) is 13.6. The second-order valence-corrected chi connectivity index (χ2v) is 5.81. The summed E-state index contributed by atoms with van der Waals surface area (Å²) >= 11 is 3.54. The van der Waals surface area contributed by atoms with Crippen LogP contribution in [0, 0.1) is 6.92 Å². The molecule has 0 bridgehead atoms. The molecule has 3 heteroatoms. The van der Waals surface area contributed by atoms with Crippen LogP contribution in [0.3, 0.4) is 0 Å². The van der Waals surface area contributed by atoms with Crippen LogP contribution in [0.5, 0.6) is 0 Å². The predicted molar refractivity (Wildman–Crippen MR) is 77.8 cm³/mol. The molecule has 2 rings (SSSR count). The van der Waals surface area contributed by atoms with Crippen LogP contribution in [0.25, 0.3) is 0 Å². The molecule has 1 aliphatic rings. The molecule has 0 unspecified atom stereocenters. The van der Waals surface area contributed by atoms with E-state index >= 15 is 0 Å². The molecule has 0 saturated heterocycles. The van der Waals surface area contributed by atoms with Gasteiger partial charge in [0, 0.05) is 17.1 Å². The third-order valence-corrected chi connectivity index (χ3v) is 4.48. The van der Waals surface area contributed by atoms with Crippen molar-refractivity contribution in [2.75, 3.05) is 6.54 Å². The summed E-state index contributed by atoms with van der Waals surface area (Å²) in [5.41, 5.74) is 1.92. The van der Waals surface area contributed by atoms with Crippen LogP contribution in [-0.2, 0) is 0 Å². The first-order valence-corrected chi connectivity index (χ1v) is 7.50. The minimum absolute atomic E-state index is 0.182. The van der Waals surface area contributed by atoms with Crippen LogP contribution in [-0.4, -0.2) is 23.4 Å². The van der Waals surface area contributed by atoms with Gasteiger partial charge in [-0.1, -0.05) is 25.5 Å². The van der Waals surface area contributed by atoms with E-state index in [1.807, 2.05) is 25.1 Å². The number of aryl methyl sites for hydroxylation is 1. The van der Waals surface area contributed by atoms with Gasteiger partial charge in [-0.2, -0.15) is 0 Å². The highest BCUT2D eigenvalue weighted by Crippen LogP contribution is 2.30. The number of rotatable bonds is 5. The smallest absolute Gasteiger partial charge is 0.255 e. The summed E-state index contributed by atoms with van der Waals surface area (Å²) in [7, 11) is 0. The minimum atomic E-state index is 0.182. The van der Waals surface area contributed by atoms with E-state index in [4.69, 9.17) is 0 Å². The Bertz CT molecular complexity index is 440. The van der Waals surface area contributed by atoms with Crippen molar-refractivity contribution in [1.82, 2.24) is 4.90 Å². The Morgan fingerprint density at radius 2 is 2.17 bits per heavy atom. The van der Waals surface area contributed by atoms with Gasteiger partial charge in [0.1, 0.15) is 0 Å². The van der Waals surface area contributed by atoms with Crippen molar-refractivity contribution in [3.63, 3.8) is 0 Å². The second-order valence-electron chi connectivity index (χ2n) is 5.02. The molecule has 0 N–H and O–H groups in total. The molecule has 0 aromatic heterocycles. The number of halogens is 1. The van der Waals surface area contributed by atoms with E-state index in [1.54, 1.807) is 0 Å². The zero-order chi connectivity index (χ0) is 13.1. The molecular weight excluding hydrogens is 290 g/mol. The highest BCUT2D eigenvalue weighted by atomic mass is 79.9. The van der Waals surface area contributed by atoms with Crippen molar-refractivity contribution in [3.05, 3.63) is 33.8 Å². The Morgan fingerprint density at radius 3 is 2.78 bits per heavy atom. The number of nitrogens with zero attached hydrogens (tertiary/aromatic N) is 1. The van der Waals surface area contributed by atoms with Crippen LogP contribution in [0.15, 0.2) is 22.7 Å².